The number of amides is 1. The molecule has 38 heavy (non-hydrogen) atoms. The lowest BCUT2D eigenvalue weighted by Crippen LogP contribution is -2.31. The van der Waals surface area contributed by atoms with Crippen molar-refractivity contribution in [3.8, 4) is 0 Å². The standard InChI is InChI=1S/C28H28N2O7S/c1-2-13-35-28(34)30-21-6-3-5-20(14-21)27-36-22(17-38-25-23(26(32)33)7-4-12-29-25)15-24(37-27)19-10-8-18(16-31)9-11-19/h2-12,14,22,24,27,31H,1,13,15-17H2,(H,30,34)(H,32,33). The van der Waals surface area contributed by atoms with Crippen LogP contribution < -0.4 is 5.32 Å². The van der Waals surface area contributed by atoms with Gasteiger partial charge in [0.05, 0.1) is 24.4 Å². The number of carbonyl (C=O) groups is 2. The molecule has 198 valence electrons. The van der Waals surface area contributed by atoms with Crippen molar-refractivity contribution in [2.75, 3.05) is 17.7 Å². The monoisotopic (exact) mass is 536 g/mol. The average Bonchev–Trinajstić information content (AvgIpc) is 2.95. The van der Waals surface area contributed by atoms with Crippen LogP contribution in [0.3, 0.4) is 0 Å². The Morgan fingerprint density at radius 1 is 1.13 bits per heavy atom. The second kappa shape index (κ2) is 13.2. The fourth-order valence-electron chi connectivity index (χ4n) is 3.91. The second-order valence-electron chi connectivity index (χ2n) is 8.46. The molecule has 3 atom stereocenters. The number of carboxylic acids is 1. The smallest absolute Gasteiger partial charge is 0.411 e. The molecule has 3 unspecified atom stereocenters. The number of hydrogen-bond donors (Lipinski definition) is 3. The lowest BCUT2D eigenvalue weighted by molar-refractivity contribution is -0.245. The van der Waals surface area contributed by atoms with Crippen LogP contribution in [0.5, 0.6) is 0 Å². The Labute approximate surface area is 224 Å². The molecule has 9 nitrogen and oxygen atoms in total. The zero-order chi connectivity index (χ0) is 26.9. The van der Waals surface area contributed by atoms with Gasteiger partial charge in [0.25, 0.3) is 0 Å². The fourth-order valence-corrected chi connectivity index (χ4v) is 4.92. The van der Waals surface area contributed by atoms with Gasteiger partial charge in [0.2, 0.25) is 0 Å². The summed E-state index contributed by atoms with van der Waals surface area (Å²) in [5.41, 5.74) is 3.07. The van der Waals surface area contributed by atoms with Crippen molar-refractivity contribution in [2.24, 2.45) is 0 Å². The Morgan fingerprint density at radius 3 is 2.68 bits per heavy atom. The molecular weight excluding hydrogens is 508 g/mol. The van der Waals surface area contributed by atoms with E-state index in [0.29, 0.717) is 28.5 Å². The highest BCUT2D eigenvalue weighted by Crippen LogP contribution is 2.40. The number of aromatic nitrogens is 1. The minimum Gasteiger partial charge on any atom is -0.478 e. The quantitative estimate of drug-likeness (QED) is 0.232. The molecule has 2 aromatic carbocycles. The van der Waals surface area contributed by atoms with Crippen LogP contribution in [-0.2, 0) is 20.8 Å². The SMILES string of the molecule is C=CCOC(=O)Nc1cccc(C2OC(CSc3ncccc3C(=O)O)CC(c3ccc(CO)cc3)O2)c1. The summed E-state index contributed by atoms with van der Waals surface area (Å²) >= 11 is 1.31. The Kier molecular flexibility index (Phi) is 9.50. The second-order valence-corrected chi connectivity index (χ2v) is 9.47. The molecule has 3 N–H and O–H groups in total. The van der Waals surface area contributed by atoms with Gasteiger partial charge in [0.1, 0.15) is 11.6 Å². The molecule has 0 saturated carbocycles. The molecule has 1 fully saturated rings. The number of anilines is 1. The third-order valence-corrected chi connectivity index (χ3v) is 6.90. The minimum atomic E-state index is -1.04. The molecule has 0 aliphatic carbocycles. The molecule has 0 bridgehead atoms. The van der Waals surface area contributed by atoms with Gasteiger partial charge in [-0.2, -0.15) is 0 Å². The van der Waals surface area contributed by atoms with E-state index in [9.17, 15) is 19.8 Å². The minimum absolute atomic E-state index is 0.0538. The Bertz CT molecular complexity index is 1270. The van der Waals surface area contributed by atoms with Gasteiger partial charge in [-0.3, -0.25) is 5.32 Å². The Hall–Kier alpha value is -3.70. The van der Waals surface area contributed by atoms with Gasteiger partial charge < -0.3 is 24.4 Å². The van der Waals surface area contributed by atoms with Crippen LogP contribution in [0.2, 0.25) is 0 Å². The lowest BCUT2D eigenvalue weighted by atomic mass is 10.0. The fraction of sp³-hybridized carbons (Fsp3) is 0.250. The third-order valence-electron chi connectivity index (χ3n) is 5.76. The van der Waals surface area contributed by atoms with Crippen LogP contribution in [0.1, 0.15) is 45.9 Å². The number of aliphatic hydroxyl groups excluding tert-OH is 1. The first-order chi connectivity index (χ1) is 18.5. The number of thioether (sulfide) groups is 1. The van der Waals surface area contributed by atoms with Crippen molar-refractivity contribution in [1.29, 1.82) is 0 Å². The van der Waals surface area contributed by atoms with E-state index in [0.717, 1.165) is 11.1 Å². The van der Waals surface area contributed by atoms with Crippen LogP contribution in [-0.4, -0.2) is 45.7 Å². The van der Waals surface area contributed by atoms with E-state index in [-0.39, 0.29) is 31.0 Å². The van der Waals surface area contributed by atoms with Crippen molar-refractivity contribution >= 4 is 29.5 Å². The number of aromatic carboxylic acids is 1. The zero-order valence-corrected chi connectivity index (χ0v) is 21.3. The number of ether oxygens (including phenoxy) is 3. The maximum Gasteiger partial charge on any atom is 0.411 e. The highest BCUT2D eigenvalue weighted by Gasteiger charge is 2.32. The number of aliphatic hydroxyl groups is 1. The van der Waals surface area contributed by atoms with Gasteiger partial charge in [0.15, 0.2) is 6.29 Å². The van der Waals surface area contributed by atoms with Crippen molar-refractivity contribution in [1.82, 2.24) is 4.98 Å². The molecule has 1 saturated heterocycles. The lowest BCUT2D eigenvalue weighted by Gasteiger charge is -2.36. The predicted molar refractivity (Wildman–Crippen MR) is 142 cm³/mol. The summed E-state index contributed by atoms with van der Waals surface area (Å²) in [6.07, 6.45) is 1.62. The highest BCUT2D eigenvalue weighted by molar-refractivity contribution is 7.99. The van der Waals surface area contributed by atoms with Crippen LogP contribution >= 0.6 is 11.8 Å². The number of nitrogens with one attached hydrogen (secondary N) is 1. The van der Waals surface area contributed by atoms with Crippen molar-refractivity contribution in [2.45, 2.75) is 36.6 Å². The maximum absolute atomic E-state index is 12.0. The molecule has 0 radical (unpaired) electrons. The van der Waals surface area contributed by atoms with Crippen LogP contribution in [0.25, 0.3) is 0 Å². The van der Waals surface area contributed by atoms with Gasteiger partial charge in [-0.05, 0) is 35.4 Å². The van der Waals surface area contributed by atoms with E-state index in [1.54, 1.807) is 30.5 Å². The number of hydrogen-bond acceptors (Lipinski definition) is 8. The number of pyridine rings is 1. The zero-order valence-electron chi connectivity index (χ0n) is 20.5. The molecule has 1 aliphatic rings. The summed E-state index contributed by atoms with van der Waals surface area (Å²) in [4.78, 5) is 27.8. The van der Waals surface area contributed by atoms with E-state index in [1.165, 1.54) is 23.9 Å². The largest absolute Gasteiger partial charge is 0.478 e. The molecule has 3 aromatic rings. The van der Waals surface area contributed by atoms with E-state index in [2.05, 4.69) is 16.9 Å². The molecule has 1 aliphatic heterocycles. The number of nitrogens with zero attached hydrogens (tertiary/aromatic N) is 1. The molecule has 10 heteroatoms. The number of benzene rings is 2. The van der Waals surface area contributed by atoms with Gasteiger partial charge in [-0.1, -0.05) is 49.1 Å². The van der Waals surface area contributed by atoms with E-state index >= 15 is 0 Å². The first-order valence-electron chi connectivity index (χ1n) is 11.9. The van der Waals surface area contributed by atoms with Gasteiger partial charge in [-0.15, -0.1) is 11.8 Å². The van der Waals surface area contributed by atoms with Crippen LogP contribution in [0.15, 0.2) is 84.5 Å². The van der Waals surface area contributed by atoms with Crippen LogP contribution in [0, 0.1) is 0 Å². The van der Waals surface area contributed by atoms with Gasteiger partial charge in [-0.25, -0.2) is 14.6 Å². The summed E-state index contributed by atoms with van der Waals surface area (Å²) in [6.45, 7) is 3.57. The van der Waals surface area contributed by atoms with Gasteiger partial charge >= 0.3 is 12.1 Å². The van der Waals surface area contributed by atoms with Crippen LogP contribution in [0.4, 0.5) is 10.5 Å². The maximum atomic E-state index is 12.0. The van der Waals surface area contributed by atoms with Crippen molar-refractivity contribution in [3.05, 3.63) is 102 Å². The highest BCUT2D eigenvalue weighted by atomic mass is 32.2. The van der Waals surface area contributed by atoms with E-state index < -0.39 is 18.4 Å². The van der Waals surface area contributed by atoms with E-state index in [4.69, 9.17) is 14.2 Å². The molecule has 4 rings (SSSR count). The summed E-state index contributed by atoms with van der Waals surface area (Å²) in [5, 5.41) is 22.0. The number of carbonyl (C=O) groups excluding carboxylic acids is 1. The topological polar surface area (TPSA) is 127 Å². The molecule has 1 amide bonds. The molecule has 1 aromatic heterocycles. The Morgan fingerprint density at radius 2 is 1.95 bits per heavy atom. The molecule has 0 spiro atoms. The molecular formula is C28H28N2O7S. The van der Waals surface area contributed by atoms with Gasteiger partial charge in [0, 0.05) is 29.6 Å². The summed E-state index contributed by atoms with van der Waals surface area (Å²) in [6, 6.07) is 17.7. The third kappa shape index (κ3) is 7.20. The summed E-state index contributed by atoms with van der Waals surface area (Å²) < 4.78 is 17.6. The first-order valence-corrected chi connectivity index (χ1v) is 12.9. The molecule has 2 heterocycles. The van der Waals surface area contributed by atoms with E-state index in [1.807, 2.05) is 30.3 Å². The van der Waals surface area contributed by atoms with Crippen molar-refractivity contribution in [3.63, 3.8) is 0 Å². The Balaban J connectivity index is 1.54. The van der Waals surface area contributed by atoms with Crippen molar-refractivity contribution < 1.29 is 34.0 Å². The first kappa shape index (κ1) is 27.3. The normalized spacial score (nSPS) is 18.9. The number of rotatable bonds is 10. The predicted octanol–water partition coefficient (Wildman–Crippen LogP) is 5.34. The summed E-state index contributed by atoms with van der Waals surface area (Å²) in [5.74, 6) is -0.585. The average molecular weight is 537 g/mol. The number of carboxylic acid groups (broad SMARTS) is 1. The summed E-state index contributed by atoms with van der Waals surface area (Å²) in [7, 11) is 0.